The first-order valence-corrected chi connectivity index (χ1v) is 21.5. The Labute approximate surface area is 362 Å². The molecule has 0 radical (unpaired) electrons. The van der Waals surface area contributed by atoms with Crippen LogP contribution in [0, 0.1) is 0 Å². The van der Waals surface area contributed by atoms with E-state index in [0.29, 0.717) is 0 Å². The van der Waals surface area contributed by atoms with E-state index in [0.717, 1.165) is 5.69 Å². The van der Waals surface area contributed by atoms with Gasteiger partial charge in [0.05, 0.1) is 16.4 Å². The fraction of sp³-hybridized carbons (Fsp3) is 0.0164. The van der Waals surface area contributed by atoms with Gasteiger partial charge in [-0.3, -0.25) is 0 Å². The predicted molar refractivity (Wildman–Crippen MR) is 260 cm³/mol. The molecule has 0 N–H and O–H groups in total. The summed E-state index contributed by atoms with van der Waals surface area (Å²) in [5.41, 5.74) is 20.1. The van der Waals surface area contributed by atoms with Crippen molar-refractivity contribution in [2.75, 3.05) is 0 Å². The average molecular weight is 788 g/mol. The van der Waals surface area contributed by atoms with Crippen LogP contribution in [-0.4, -0.2) is 4.57 Å². The van der Waals surface area contributed by atoms with Crippen LogP contribution in [0.4, 0.5) is 0 Å². The Bertz CT molecular complexity index is 3320. The number of hydrogen-bond acceptors (Lipinski definition) is 0. The largest absolute Gasteiger partial charge is 0.309 e. The molecule has 1 heteroatoms. The standard InChI is InChI=1S/C61H41N/c1-4-18-42(19-5-1)44-22-14-24-46(36-44)48-26-16-28-50(38-48)61(51-29-17-27-49(39-51)47-25-15-23-45(37-47)43-20-6-2-7-21-43)57-34-12-10-32-53(57)55-40-56-54-33-11-13-35-59(54)62(60(56)41-58(55)61)52-30-8-3-9-31-52/h1-41H. The molecule has 0 amide bonds. The number of fused-ring (bicyclic) bond motifs is 6. The fourth-order valence-electron chi connectivity index (χ4n) is 10.3. The van der Waals surface area contributed by atoms with Gasteiger partial charge in [0, 0.05) is 16.5 Å². The average Bonchev–Trinajstić information content (AvgIpc) is 3.84. The molecule has 0 aliphatic heterocycles. The summed E-state index contributed by atoms with van der Waals surface area (Å²) in [4.78, 5) is 0. The molecule has 1 nitrogen and oxygen atoms in total. The van der Waals surface area contributed by atoms with Gasteiger partial charge in [0.25, 0.3) is 0 Å². The predicted octanol–water partition coefficient (Wildman–Crippen LogP) is 15.8. The summed E-state index contributed by atoms with van der Waals surface area (Å²) >= 11 is 0. The van der Waals surface area contributed by atoms with Gasteiger partial charge in [0.15, 0.2) is 0 Å². The van der Waals surface area contributed by atoms with E-state index in [1.54, 1.807) is 0 Å². The third kappa shape index (κ3) is 5.70. The molecule has 0 unspecified atom stereocenters. The van der Waals surface area contributed by atoms with Crippen LogP contribution in [-0.2, 0) is 5.41 Å². The summed E-state index contributed by atoms with van der Waals surface area (Å²) in [7, 11) is 0. The van der Waals surface area contributed by atoms with Crippen molar-refractivity contribution in [3.63, 3.8) is 0 Å². The summed E-state index contributed by atoms with van der Waals surface area (Å²) in [6, 6.07) is 91.8. The lowest BCUT2D eigenvalue weighted by atomic mass is 9.67. The topological polar surface area (TPSA) is 4.93 Å². The minimum atomic E-state index is -0.641. The van der Waals surface area contributed by atoms with E-state index < -0.39 is 5.41 Å². The second-order valence-corrected chi connectivity index (χ2v) is 16.5. The highest BCUT2D eigenvalue weighted by Gasteiger charge is 2.47. The maximum absolute atomic E-state index is 2.52. The van der Waals surface area contributed by atoms with Crippen molar-refractivity contribution in [1.29, 1.82) is 0 Å². The Kier molecular flexibility index (Phi) is 8.47. The normalized spacial score (nSPS) is 12.6. The van der Waals surface area contributed by atoms with Crippen molar-refractivity contribution in [2.24, 2.45) is 0 Å². The molecule has 0 saturated carbocycles. The van der Waals surface area contributed by atoms with Crippen LogP contribution < -0.4 is 0 Å². The minimum Gasteiger partial charge on any atom is -0.309 e. The van der Waals surface area contributed by atoms with Gasteiger partial charge in [-0.25, -0.2) is 0 Å². The summed E-state index contributed by atoms with van der Waals surface area (Å²) in [5.74, 6) is 0. The second-order valence-electron chi connectivity index (χ2n) is 16.5. The lowest BCUT2D eigenvalue weighted by molar-refractivity contribution is 0.770. The maximum atomic E-state index is 2.52. The number of rotatable bonds is 7. The van der Waals surface area contributed by atoms with Gasteiger partial charge < -0.3 is 4.57 Å². The second kappa shape index (κ2) is 14.6. The van der Waals surface area contributed by atoms with Crippen LogP contribution in [0.3, 0.4) is 0 Å². The van der Waals surface area contributed by atoms with Gasteiger partial charge in [0.1, 0.15) is 0 Å². The van der Waals surface area contributed by atoms with E-state index >= 15 is 0 Å². The first-order chi connectivity index (χ1) is 30.7. The maximum Gasteiger partial charge on any atom is 0.0714 e. The zero-order valence-electron chi connectivity index (χ0n) is 34.1. The molecule has 1 heterocycles. The third-order valence-electron chi connectivity index (χ3n) is 13.0. The highest BCUT2D eigenvalue weighted by molar-refractivity contribution is 6.12. The molecule has 0 saturated heterocycles. The first kappa shape index (κ1) is 35.9. The van der Waals surface area contributed by atoms with E-state index in [1.165, 1.54) is 99.7 Å². The summed E-state index contributed by atoms with van der Waals surface area (Å²) in [6.07, 6.45) is 0. The summed E-state index contributed by atoms with van der Waals surface area (Å²) in [5, 5.41) is 2.51. The molecule has 0 spiro atoms. The molecule has 0 fully saturated rings. The first-order valence-electron chi connectivity index (χ1n) is 21.5. The molecule has 10 aromatic carbocycles. The molecule has 0 bridgehead atoms. The number of nitrogens with zero attached hydrogens (tertiary/aromatic N) is 1. The lowest BCUT2D eigenvalue weighted by Gasteiger charge is -2.34. The van der Waals surface area contributed by atoms with Crippen LogP contribution in [0.15, 0.2) is 249 Å². The number of hydrogen-bond donors (Lipinski definition) is 0. The molecular weight excluding hydrogens is 747 g/mol. The van der Waals surface area contributed by atoms with E-state index in [4.69, 9.17) is 0 Å². The summed E-state index contributed by atoms with van der Waals surface area (Å²) < 4.78 is 2.45. The summed E-state index contributed by atoms with van der Waals surface area (Å²) in [6.45, 7) is 0. The zero-order chi connectivity index (χ0) is 41.0. The quantitative estimate of drug-likeness (QED) is 0.152. The number of benzene rings is 10. The van der Waals surface area contributed by atoms with E-state index in [-0.39, 0.29) is 0 Å². The van der Waals surface area contributed by atoms with Gasteiger partial charge in [-0.05, 0) is 132 Å². The zero-order valence-corrected chi connectivity index (χ0v) is 34.1. The van der Waals surface area contributed by atoms with E-state index in [9.17, 15) is 0 Å². The van der Waals surface area contributed by atoms with Crippen molar-refractivity contribution in [1.82, 2.24) is 4.57 Å². The van der Waals surface area contributed by atoms with Crippen molar-refractivity contribution >= 4 is 21.8 Å². The molecule has 0 atom stereocenters. The van der Waals surface area contributed by atoms with Crippen LogP contribution >= 0.6 is 0 Å². The highest BCUT2D eigenvalue weighted by atomic mass is 15.0. The smallest absolute Gasteiger partial charge is 0.0714 e. The molecule has 1 aliphatic rings. The van der Waals surface area contributed by atoms with Crippen LogP contribution in [0.5, 0.6) is 0 Å². The Morgan fingerprint density at radius 3 is 1.31 bits per heavy atom. The highest BCUT2D eigenvalue weighted by Crippen LogP contribution is 2.58. The van der Waals surface area contributed by atoms with Crippen molar-refractivity contribution in [2.45, 2.75) is 5.41 Å². The van der Waals surface area contributed by atoms with Crippen molar-refractivity contribution in [3.8, 4) is 61.3 Å². The molecule has 1 aromatic heterocycles. The SMILES string of the molecule is c1ccc(-c2cccc(-c3cccc(C4(c5cccc(-c6cccc(-c7ccccc7)c6)c5)c5ccccc5-c5cc6c7ccccc7n(-c7ccccc7)c6cc54)c3)c2)cc1. The van der Waals surface area contributed by atoms with E-state index in [1.807, 2.05) is 0 Å². The van der Waals surface area contributed by atoms with Crippen LogP contribution in [0.1, 0.15) is 22.3 Å². The molecule has 12 rings (SSSR count). The van der Waals surface area contributed by atoms with Gasteiger partial charge in [-0.2, -0.15) is 0 Å². The number of aromatic nitrogens is 1. The fourth-order valence-corrected chi connectivity index (χ4v) is 10.3. The minimum absolute atomic E-state index is 0.641. The van der Waals surface area contributed by atoms with Crippen LogP contribution in [0.2, 0.25) is 0 Å². The Hall–Kier alpha value is -8.00. The van der Waals surface area contributed by atoms with Crippen LogP contribution in [0.25, 0.3) is 83.1 Å². The van der Waals surface area contributed by atoms with Crippen molar-refractivity contribution in [3.05, 3.63) is 271 Å². The number of para-hydroxylation sites is 2. The van der Waals surface area contributed by atoms with Gasteiger partial charge in [-0.15, -0.1) is 0 Å². The van der Waals surface area contributed by atoms with Gasteiger partial charge >= 0.3 is 0 Å². The third-order valence-corrected chi connectivity index (χ3v) is 13.0. The lowest BCUT2D eigenvalue weighted by Crippen LogP contribution is -2.28. The molecule has 62 heavy (non-hydrogen) atoms. The molecule has 11 aromatic rings. The Morgan fingerprint density at radius 1 is 0.258 bits per heavy atom. The molecule has 290 valence electrons. The Balaban J connectivity index is 1.15. The van der Waals surface area contributed by atoms with Gasteiger partial charge in [0.2, 0.25) is 0 Å². The monoisotopic (exact) mass is 787 g/mol. The van der Waals surface area contributed by atoms with Gasteiger partial charge in [-0.1, -0.05) is 194 Å². The Morgan fingerprint density at radius 2 is 0.710 bits per heavy atom. The van der Waals surface area contributed by atoms with E-state index in [2.05, 4.69) is 253 Å². The molecular formula is C61H41N. The van der Waals surface area contributed by atoms with Crippen molar-refractivity contribution < 1.29 is 0 Å². The molecule has 1 aliphatic carbocycles.